The summed E-state index contributed by atoms with van der Waals surface area (Å²) in [5.74, 6) is -0.306. The van der Waals surface area contributed by atoms with Gasteiger partial charge in [0, 0.05) is 81.4 Å². The summed E-state index contributed by atoms with van der Waals surface area (Å²) in [6.45, 7) is 9.20. The summed E-state index contributed by atoms with van der Waals surface area (Å²) in [5, 5.41) is 16.3. The van der Waals surface area contributed by atoms with Crippen molar-refractivity contribution in [1.82, 2.24) is 9.80 Å². The minimum atomic E-state index is -0.153. The first-order chi connectivity index (χ1) is 25.0. The van der Waals surface area contributed by atoms with Crippen LogP contribution in [0.3, 0.4) is 0 Å². The van der Waals surface area contributed by atoms with E-state index in [4.69, 9.17) is 34.7 Å². The molecule has 0 radical (unpaired) electrons. The van der Waals surface area contributed by atoms with Crippen LogP contribution in [0.15, 0.2) is 62.6 Å². The van der Waals surface area contributed by atoms with Gasteiger partial charge in [-0.3, -0.25) is 19.4 Å². The van der Waals surface area contributed by atoms with Crippen LogP contribution in [0.5, 0.6) is 0 Å². The van der Waals surface area contributed by atoms with E-state index in [9.17, 15) is 9.59 Å². The number of nitrogens with zero attached hydrogens (tertiary/aromatic N) is 8. The number of amides is 2. The molecule has 6 rings (SSSR count). The first-order valence-corrected chi connectivity index (χ1v) is 22.4. The van der Waals surface area contributed by atoms with Crippen molar-refractivity contribution in [3.8, 4) is 0 Å². The van der Waals surface area contributed by atoms with Crippen LogP contribution in [0.1, 0.15) is 11.1 Å². The molecule has 2 fully saturated rings. The molecule has 2 saturated heterocycles. The molecule has 4 heterocycles. The summed E-state index contributed by atoms with van der Waals surface area (Å²) < 4.78 is 15.0. The fourth-order valence-corrected chi connectivity index (χ4v) is 8.95. The van der Waals surface area contributed by atoms with E-state index < -0.39 is 0 Å². The van der Waals surface area contributed by atoms with Crippen LogP contribution in [0.2, 0.25) is 0 Å². The number of carbonyl (C=O) groups is 2. The number of hydrogen-bond donors (Lipinski definition) is 0. The molecule has 4 aliphatic heterocycles. The van der Waals surface area contributed by atoms with Crippen LogP contribution in [-0.2, 0) is 65.4 Å². The van der Waals surface area contributed by atoms with Gasteiger partial charge in [0.2, 0.25) is 0 Å². The van der Waals surface area contributed by atoms with Crippen LogP contribution < -0.4 is 9.80 Å². The summed E-state index contributed by atoms with van der Waals surface area (Å²) in [7, 11) is 0. The minimum absolute atomic E-state index is 0. The Kier molecular flexibility index (Phi) is 18.8. The van der Waals surface area contributed by atoms with Gasteiger partial charge >= 0.3 is 21.1 Å². The zero-order valence-electron chi connectivity index (χ0n) is 28.5. The summed E-state index contributed by atoms with van der Waals surface area (Å²) in [5.41, 5.74) is 3.81. The van der Waals surface area contributed by atoms with E-state index in [1.165, 1.54) is 23.5 Å². The molecule has 0 unspecified atom stereocenters. The Labute approximate surface area is 376 Å². The second-order valence-electron chi connectivity index (χ2n) is 11.4. The number of thioether (sulfide) groups is 2. The maximum absolute atomic E-state index is 13.0. The predicted molar refractivity (Wildman–Crippen MR) is 233 cm³/mol. The second-order valence-corrected chi connectivity index (χ2v) is 17.8. The van der Waals surface area contributed by atoms with Gasteiger partial charge in [-0.05, 0) is 77.4 Å². The molecule has 2 aromatic carbocycles. The van der Waals surface area contributed by atoms with Crippen LogP contribution >= 0.6 is 87.2 Å². The first-order valence-electron chi connectivity index (χ1n) is 16.0. The zero-order chi connectivity index (χ0) is 37.4. The molecular formula is C32H34Br4N8O4PtS4. The number of benzene rings is 2. The number of ether oxygens (including phenoxy) is 2. The fraction of sp³-hybridized carbons (Fsp3) is 0.438. The third-order valence-corrected chi connectivity index (χ3v) is 12.5. The molecule has 21 heteroatoms. The minimum Gasteiger partial charge on any atom is -0.752 e. The molecule has 0 spiro atoms. The molecule has 2 amide bonds. The van der Waals surface area contributed by atoms with Crippen molar-refractivity contribution in [2.24, 2.45) is 20.4 Å². The van der Waals surface area contributed by atoms with E-state index in [-0.39, 0.29) is 32.9 Å². The quantitative estimate of drug-likeness (QED) is 0.141. The van der Waals surface area contributed by atoms with Gasteiger partial charge in [-0.2, -0.15) is 10.2 Å². The summed E-state index contributed by atoms with van der Waals surface area (Å²) in [6, 6.07) is 7.65. The number of fused-ring (bicyclic) bond motifs is 2. The molecule has 4 aliphatic rings. The van der Waals surface area contributed by atoms with Gasteiger partial charge in [0.15, 0.2) is 11.4 Å². The molecule has 0 bridgehead atoms. The van der Waals surface area contributed by atoms with Gasteiger partial charge in [-0.25, -0.2) is 0 Å². The largest absolute Gasteiger partial charge is 2.00 e. The Hall–Kier alpha value is -0.352. The van der Waals surface area contributed by atoms with Crippen molar-refractivity contribution in [3.05, 3.63) is 53.3 Å². The smallest absolute Gasteiger partial charge is 0.752 e. The molecule has 288 valence electrons. The molecule has 0 atom stereocenters. The van der Waals surface area contributed by atoms with Crippen molar-refractivity contribution in [2.75, 3.05) is 101 Å². The van der Waals surface area contributed by atoms with Crippen molar-refractivity contribution in [1.29, 1.82) is 0 Å². The predicted octanol–water partition coefficient (Wildman–Crippen LogP) is 5.72. The number of morpholine rings is 2. The molecule has 53 heavy (non-hydrogen) atoms. The van der Waals surface area contributed by atoms with Gasteiger partial charge in [0.25, 0.3) is 11.8 Å². The van der Waals surface area contributed by atoms with E-state index in [1.807, 2.05) is 36.8 Å². The van der Waals surface area contributed by atoms with Crippen LogP contribution in [0.4, 0.5) is 11.4 Å². The van der Waals surface area contributed by atoms with Gasteiger partial charge in [-0.1, -0.05) is 31.9 Å². The number of carbonyl (C=O) groups excluding carboxylic acids is 2. The molecule has 0 N–H and O–H groups in total. The van der Waals surface area contributed by atoms with Crippen molar-refractivity contribution >= 4 is 156 Å². The monoisotopic (exact) mass is 1230 g/mol. The van der Waals surface area contributed by atoms with E-state index in [0.29, 0.717) is 33.3 Å². The van der Waals surface area contributed by atoms with Gasteiger partial charge in [-0.15, -0.1) is 33.7 Å². The van der Waals surface area contributed by atoms with E-state index >= 15 is 0 Å². The molecule has 12 nitrogen and oxygen atoms in total. The van der Waals surface area contributed by atoms with Gasteiger partial charge in [0.05, 0.1) is 37.8 Å². The zero-order valence-corrected chi connectivity index (χ0v) is 40.3. The van der Waals surface area contributed by atoms with Crippen molar-refractivity contribution in [2.45, 2.75) is 0 Å². The molecule has 0 saturated carbocycles. The third-order valence-electron chi connectivity index (χ3n) is 8.30. The Morgan fingerprint density at radius 2 is 1.02 bits per heavy atom. The maximum Gasteiger partial charge on any atom is 2.00 e. The Bertz CT molecular complexity index is 1670. The molecular weight excluding hydrogens is 1200 g/mol. The summed E-state index contributed by atoms with van der Waals surface area (Å²) >= 11 is 26.9. The normalized spacial score (nSPS) is 19.7. The number of anilines is 2. The van der Waals surface area contributed by atoms with Crippen LogP contribution in [0.25, 0.3) is 0 Å². The first kappa shape index (κ1) is 45.4. The van der Waals surface area contributed by atoms with E-state index in [0.717, 1.165) is 106 Å². The molecule has 0 aromatic heterocycles. The van der Waals surface area contributed by atoms with Crippen molar-refractivity contribution in [3.63, 3.8) is 0 Å². The van der Waals surface area contributed by atoms with E-state index in [2.05, 4.69) is 93.9 Å². The van der Waals surface area contributed by atoms with E-state index in [1.54, 1.807) is 9.80 Å². The number of halogens is 4. The Morgan fingerprint density at radius 1 is 0.660 bits per heavy atom. The van der Waals surface area contributed by atoms with Gasteiger partial charge in [0.1, 0.15) is 0 Å². The average molecular weight is 1240 g/mol. The van der Waals surface area contributed by atoms with Crippen molar-refractivity contribution < 1.29 is 40.1 Å². The second kappa shape index (κ2) is 22.0. The average Bonchev–Trinajstić information content (AvgIpc) is 3.56. The standard InChI is InChI=1S/2C16H18Br2N4O2S2.Pt/c2*1-26-16(25)20-19-13-11-8-10(17)9-12(18)14(11)22(15(13)23)3-2-21-4-6-24-7-5-21;/h2*8-9H,2-7H2,1H3,(H,20,25);/q;;+2/p-2/b2*19-13+;. The summed E-state index contributed by atoms with van der Waals surface area (Å²) in [6.07, 6.45) is 3.66. The van der Waals surface area contributed by atoms with Crippen LogP contribution in [-0.4, -0.2) is 133 Å². The number of hydrogen-bond acceptors (Lipinski definition) is 14. The fourth-order valence-electron chi connectivity index (χ4n) is 5.75. The topological polar surface area (TPSA) is 115 Å². The Balaban J connectivity index is 0.000000232. The van der Waals surface area contributed by atoms with Crippen LogP contribution in [0, 0.1) is 0 Å². The maximum atomic E-state index is 13.0. The SMILES string of the molecule is CS/C([S-])=N/N=C1/C(=O)N(CCN2CCOCC2)c2c(Br)cc(Br)cc21.CS/C([S-])=N/N=C1/C(=O)N(CCN2CCOCC2)c2c(Br)cc(Br)cc21.[Pt+2]. The third kappa shape index (κ3) is 11.9. The number of rotatable bonds is 8. The summed E-state index contributed by atoms with van der Waals surface area (Å²) in [4.78, 5) is 34.1. The molecule has 0 aliphatic carbocycles. The Morgan fingerprint density at radius 3 is 1.36 bits per heavy atom. The molecule has 2 aromatic rings. The van der Waals surface area contributed by atoms with Gasteiger partial charge < -0.3 is 44.5 Å².